The minimum atomic E-state index is -3.68. The number of aliphatic hydroxyl groups excluding tert-OH is 1. The zero-order valence-electron chi connectivity index (χ0n) is 13.5. The van der Waals surface area contributed by atoms with Gasteiger partial charge in [-0.15, -0.1) is 0 Å². The van der Waals surface area contributed by atoms with E-state index >= 15 is 0 Å². The Balaban J connectivity index is 2.23. The lowest BCUT2D eigenvalue weighted by molar-refractivity contribution is 0.230. The van der Waals surface area contributed by atoms with Crippen LogP contribution < -0.4 is 0 Å². The van der Waals surface area contributed by atoms with E-state index in [-0.39, 0.29) is 5.76 Å². The predicted octanol–water partition coefficient (Wildman–Crippen LogP) is 2.75. The Kier molecular flexibility index (Phi) is 4.40. The third-order valence-electron chi connectivity index (χ3n) is 3.79. The lowest BCUT2D eigenvalue weighted by Crippen LogP contribution is -2.01. The first-order valence-corrected chi connectivity index (χ1v) is 9.23. The van der Waals surface area contributed by atoms with Crippen molar-refractivity contribution in [1.82, 2.24) is 10.1 Å². The molecule has 0 spiro atoms. The highest BCUT2D eigenvalue weighted by Crippen LogP contribution is 2.36. The van der Waals surface area contributed by atoms with Gasteiger partial charge in [-0.25, -0.2) is 12.8 Å². The minimum Gasteiger partial charge on any atom is -0.388 e. The average molecular weight is 362 g/mol. The van der Waals surface area contributed by atoms with Crippen molar-refractivity contribution >= 4 is 9.84 Å². The van der Waals surface area contributed by atoms with Gasteiger partial charge in [0.2, 0.25) is 0 Å². The van der Waals surface area contributed by atoms with E-state index in [4.69, 9.17) is 4.52 Å². The number of hydrogen-bond donors (Lipinski definition) is 1. The molecule has 0 saturated heterocycles. The molecule has 2 heterocycles. The quantitative estimate of drug-likeness (QED) is 0.767. The molecule has 130 valence electrons. The third-order valence-corrected chi connectivity index (χ3v) is 4.92. The number of pyridine rings is 1. The molecule has 3 rings (SSSR count). The van der Waals surface area contributed by atoms with E-state index in [9.17, 15) is 17.9 Å². The molecule has 0 saturated carbocycles. The standard InChI is InChI=1S/C17H15FN2O4S/c1-10-12(4-3-7-19-10)17-16(14(9-21)24-20-17)11-5-6-15(13(18)8-11)25(2,22)23/h3-8,21H,9H2,1-2H3. The molecule has 8 heteroatoms. The second kappa shape index (κ2) is 6.38. The van der Waals surface area contributed by atoms with Gasteiger partial charge in [0, 0.05) is 23.7 Å². The Morgan fingerprint density at radius 3 is 2.64 bits per heavy atom. The second-order valence-electron chi connectivity index (χ2n) is 5.54. The van der Waals surface area contributed by atoms with Gasteiger partial charge >= 0.3 is 0 Å². The van der Waals surface area contributed by atoms with Gasteiger partial charge in [0.1, 0.15) is 23.0 Å². The number of rotatable bonds is 4. The van der Waals surface area contributed by atoms with Crippen LogP contribution in [0.2, 0.25) is 0 Å². The number of aromatic nitrogens is 2. The summed E-state index contributed by atoms with van der Waals surface area (Å²) in [6, 6.07) is 7.25. The highest BCUT2D eigenvalue weighted by molar-refractivity contribution is 7.90. The van der Waals surface area contributed by atoms with Crippen LogP contribution in [-0.4, -0.2) is 29.9 Å². The number of nitrogens with zero attached hydrogens (tertiary/aromatic N) is 2. The van der Waals surface area contributed by atoms with E-state index in [1.807, 2.05) is 0 Å². The van der Waals surface area contributed by atoms with Crippen LogP contribution in [0.15, 0.2) is 45.9 Å². The Labute approximate surface area is 143 Å². The summed E-state index contributed by atoms with van der Waals surface area (Å²) < 4.78 is 42.6. The molecule has 25 heavy (non-hydrogen) atoms. The number of sulfone groups is 1. The molecule has 0 aliphatic carbocycles. The Morgan fingerprint density at radius 1 is 1.28 bits per heavy atom. The van der Waals surface area contributed by atoms with Crippen LogP contribution in [0.5, 0.6) is 0 Å². The average Bonchev–Trinajstić information content (AvgIpc) is 2.97. The van der Waals surface area contributed by atoms with E-state index < -0.39 is 27.2 Å². The summed E-state index contributed by atoms with van der Waals surface area (Å²) in [5, 5.41) is 13.5. The van der Waals surface area contributed by atoms with E-state index in [2.05, 4.69) is 10.1 Å². The first-order chi connectivity index (χ1) is 11.8. The van der Waals surface area contributed by atoms with Gasteiger partial charge in [-0.3, -0.25) is 4.98 Å². The summed E-state index contributed by atoms with van der Waals surface area (Å²) in [6.45, 7) is 1.36. The molecule has 0 atom stereocenters. The smallest absolute Gasteiger partial charge is 0.178 e. The summed E-state index contributed by atoms with van der Waals surface area (Å²) in [4.78, 5) is 3.80. The molecule has 6 nitrogen and oxygen atoms in total. The Morgan fingerprint density at radius 2 is 2.04 bits per heavy atom. The monoisotopic (exact) mass is 362 g/mol. The van der Waals surface area contributed by atoms with Gasteiger partial charge in [-0.2, -0.15) is 0 Å². The fraction of sp³-hybridized carbons (Fsp3) is 0.176. The lowest BCUT2D eigenvalue weighted by atomic mass is 9.98. The van der Waals surface area contributed by atoms with Crippen molar-refractivity contribution in [3.05, 3.63) is 53.8 Å². The maximum atomic E-state index is 14.3. The van der Waals surface area contributed by atoms with E-state index in [1.54, 1.807) is 25.3 Å². The summed E-state index contributed by atoms with van der Waals surface area (Å²) in [6.07, 6.45) is 2.57. The molecular formula is C17H15FN2O4S. The van der Waals surface area contributed by atoms with Gasteiger partial charge in [-0.05, 0) is 36.8 Å². The topological polar surface area (TPSA) is 93.3 Å². The molecule has 0 amide bonds. The van der Waals surface area contributed by atoms with Crippen molar-refractivity contribution < 1.29 is 22.4 Å². The number of aryl methyl sites for hydroxylation is 1. The molecule has 0 fully saturated rings. The molecule has 0 bridgehead atoms. The second-order valence-corrected chi connectivity index (χ2v) is 7.53. The largest absolute Gasteiger partial charge is 0.388 e. The van der Waals surface area contributed by atoms with E-state index in [1.165, 1.54) is 12.1 Å². The number of halogens is 1. The fourth-order valence-electron chi connectivity index (χ4n) is 2.61. The van der Waals surface area contributed by atoms with Crippen LogP contribution in [0.1, 0.15) is 11.5 Å². The SMILES string of the molecule is Cc1ncccc1-c1noc(CO)c1-c1ccc(S(C)(=O)=O)c(F)c1. The highest BCUT2D eigenvalue weighted by Gasteiger charge is 2.22. The molecule has 3 aromatic rings. The Bertz CT molecular complexity index is 1040. The van der Waals surface area contributed by atoms with Crippen LogP contribution in [-0.2, 0) is 16.4 Å². The van der Waals surface area contributed by atoms with Crippen LogP contribution >= 0.6 is 0 Å². The number of hydrogen-bond acceptors (Lipinski definition) is 6. The first-order valence-electron chi connectivity index (χ1n) is 7.34. The van der Waals surface area contributed by atoms with Crippen molar-refractivity contribution in [2.45, 2.75) is 18.4 Å². The van der Waals surface area contributed by atoms with Gasteiger partial charge in [0.25, 0.3) is 0 Å². The zero-order chi connectivity index (χ0) is 18.2. The van der Waals surface area contributed by atoms with Crippen molar-refractivity contribution in [3.63, 3.8) is 0 Å². The minimum absolute atomic E-state index is 0.157. The zero-order valence-corrected chi connectivity index (χ0v) is 14.3. The summed E-state index contributed by atoms with van der Waals surface area (Å²) >= 11 is 0. The van der Waals surface area contributed by atoms with Gasteiger partial charge in [-0.1, -0.05) is 11.2 Å². The maximum Gasteiger partial charge on any atom is 0.178 e. The summed E-state index contributed by atoms with van der Waals surface area (Å²) in [7, 11) is -3.68. The van der Waals surface area contributed by atoms with Crippen molar-refractivity contribution in [1.29, 1.82) is 0 Å². The van der Waals surface area contributed by atoms with E-state index in [0.29, 0.717) is 28.1 Å². The van der Waals surface area contributed by atoms with Crippen LogP contribution in [0.25, 0.3) is 22.4 Å². The van der Waals surface area contributed by atoms with Crippen molar-refractivity contribution in [2.75, 3.05) is 6.26 Å². The van der Waals surface area contributed by atoms with E-state index in [0.717, 1.165) is 12.3 Å². The molecule has 2 aromatic heterocycles. The highest BCUT2D eigenvalue weighted by atomic mass is 32.2. The fourth-order valence-corrected chi connectivity index (χ4v) is 3.33. The van der Waals surface area contributed by atoms with Crippen LogP contribution in [0.4, 0.5) is 4.39 Å². The molecule has 0 unspecified atom stereocenters. The first kappa shape index (κ1) is 17.2. The third kappa shape index (κ3) is 3.18. The van der Waals surface area contributed by atoms with Gasteiger partial charge < -0.3 is 9.63 Å². The molecule has 0 aliphatic rings. The predicted molar refractivity (Wildman–Crippen MR) is 88.9 cm³/mol. The normalized spacial score (nSPS) is 11.7. The maximum absolute atomic E-state index is 14.3. The molecule has 1 N–H and O–H groups in total. The molecular weight excluding hydrogens is 347 g/mol. The molecule has 0 radical (unpaired) electrons. The summed E-state index contributed by atoms with van der Waals surface area (Å²) in [5.74, 6) is -0.719. The summed E-state index contributed by atoms with van der Waals surface area (Å²) in [5.41, 5.74) is 2.52. The van der Waals surface area contributed by atoms with Crippen molar-refractivity contribution in [2.24, 2.45) is 0 Å². The van der Waals surface area contributed by atoms with Gasteiger partial charge in [0.15, 0.2) is 15.6 Å². The number of benzene rings is 1. The van der Waals surface area contributed by atoms with Crippen LogP contribution in [0, 0.1) is 12.7 Å². The molecule has 1 aromatic carbocycles. The van der Waals surface area contributed by atoms with Crippen LogP contribution in [0.3, 0.4) is 0 Å². The van der Waals surface area contributed by atoms with Gasteiger partial charge in [0.05, 0.1) is 5.56 Å². The molecule has 0 aliphatic heterocycles. The van der Waals surface area contributed by atoms with Crippen molar-refractivity contribution in [3.8, 4) is 22.4 Å². The lowest BCUT2D eigenvalue weighted by Gasteiger charge is -2.07. The number of aliphatic hydroxyl groups is 1. The Hall–Kier alpha value is -2.58.